The summed E-state index contributed by atoms with van der Waals surface area (Å²) in [4.78, 5) is 17.1. The van der Waals surface area contributed by atoms with Gasteiger partial charge < -0.3 is 10.2 Å². The summed E-state index contributed by atoms with van der Waals surface area (Å²) < 4.78 is 0. The number of fused-ring (bicyclic) bond motifs is 2. The van der Waals surface area contributed by atoms with Crippen LogP contribution in [0.4, 0.5) is 4.79 Å². The topological polar surface area (TPSA) is 35.6 Å². The predicted molar refractivity (Wildman–Crippen MR) is 86.4 cm³/mol. The van der Waals surface area contributed by atoms with Crippen LogP contribution in [-0.2, 0) is 0 Å². The van der Waals surface area contributed by atoms with Crippen molar-refractivity contribution in [2.45, 2.75) is 64.2 Å². The van der Waals surface area contributed by atoms with E-state index in [0.717, 1.165) is 25.3 Å². The van der Waals surface area contributed by atoms with Crippen LogP contribution in [0.2, 0.25) is 0 Å². The maximum atomic E-state index is 12.4. The molecule has 20 heavy (non-hydrogen) atoms. The number of carbonyl (C=O) groups excluding carboxylic acids is 1. The van der Waals surface area contributed by atoms with Crippen LogP contribution in [0.5, 0.6) is 0 Å². The zero-order valence-electron chi connectivity index (χ0n) is 13.3. The molecular weight excluding hydrogens is 270 g/mol. The number of carbonyl (C=O) groups is 1. The van der Waals surface area contributed by atoms with Crippen molar-refractivity contribution >= 4 is 17.8 Å². The third kappa shape index (κ3) is 3.61. The van der Waals surface area contributed by atoms with Gasteiger partial charge in [0.05, 0.1) is 0 Å². The Kier molecular flexibility index (Phi) is 5.61. The maximum Gasteiger partial charge on any atom is 0.317 e. The molecule has 3 unspecified atom stereocenters. The molecule has 2 rings (SSSR count). The van der Waals surface area contributed by atoms with Gasteiger partial charge in [0.15, 0.2) is 0 Å². The molecule has 0 spiro atoms. The predicted octanol–water partition coefficient (Wildman–Crippen LogP) is 2.39. The van der Waals surface area contributed by atoms with Crippen molar-refractivity contribution in [1.29, 1.82) is 0 Å². The van der Waals surface area contributed by atoms with Gasteiger partial charge in [-0.1, -0.05) is 0 Å². The van der Waals surface area contributed by atoms with Gasteiger partial charge in [-0.3, -0.25) is 4.90 Å². The van der Waals surface area contributed by atoms with Gasteiger partial charge in [-0.2, -0.15) is 11.8 Å². The lowest BCUT2D eigenvalue weighted by molar-refractivity contribution is 0.146. The molecule has 0 aromatic carbocycles. The van der Waals surface area contributed by atoms with E-state index >= 15 is 0 Å². The normalized spacial score (nSPS) is 28.6. The first-order valence-corrected chi connectivity index (χ1v) is 9.24. The standard InChI is InChI=1S/C15H29N3OS/c1-11(2)18-13-5-6-14(18)9-17(8-7-13)15(19)16-12(3)10-20-4/h11-14H,5-10H2,1-4H3,(H,16,19). The van der Waals surface area contributed by atoms with Gasteiger partial charge >= 0.3 is 6.03 Å². The summed E-state index contributed by atoms with van der Waals surface area (Å²) >= 11 is 1.78. The lowest BCUT2D eigenvalue weighted by Gasteiger charge is -2.32. The minimum atomic E-state index is 0.128. The third-order valence-electron chi connectivity index (χ3n) is 4.51. The van der Waals surface area contributed by atoms with Crippen LogP contribution < -0.4 is 5.32 Å². The van der Waals surface area contributed by atoms with Crippen LogP contribution in [0.25, 0.3) is 0 Å². The van der Waals surface area contributed by atoms with Crippen LogP contribution in [-0.4, -0.2) is 65.1 Å². The van der Waals surface area contributed by atoms with E-state index in [2.05, 4.69) is 37.2 Å². The summed E-state index contributed by atoms with van der Waals surface area (Å²) in [5.74, 6) is 0.976. The molecular formula is C15H29N3OS. The van der Waals surface area contributed by atoms with Crippen molar-refractivity contribution in [3.05, 3.63) is 0 Å². The number of nitrogens with one attached hydrogen (secondary N) is 1. The highest BCUT2D eigenvalue weighted by molar-refractivity contribution is 7.98. The Morgan fingerprint density at radius 3 is 2.60 bits per heavy atom. The largest absolute Gasteiger partial charge is 0.335 e. The Balaban J connectivity index is 1.93. The second-order valence-corrected chi connectivity index (χ2v) is 7.38. The zero-order chi connectivity index (χ0) is 14.7. The number of hydrogen-bond donors (Lipinski definition) is 1. The number of nitrogens with zero attached hydrogens (tertiary/aromatic N) is 2. The number of rotatable bonds is 4. The van der Waals surface area contributed by atoms with Gasteiger partial charge in [0, 0.05) is 43.0 Å². The summed E-state index contributed by atoms with van der Waals surface area (Å²) in [5, 5.41) is 3.13. The average Bonchev–Trinajstić information content (AvgIpc) is 2.64. The van der Waals surface area contributed by atoms with Crippen LogP contribution in [0.3, 0.4) is 0 Å². The van der Waals surface area contributed by atoms with E-state index in [1.165, 1.54) is 12.8 Å². The van der Waals surface area contributed by atoms with Gasteiger partial charge in [-0.25, -0.2) is 4.79 Å². The van der Waals surface area contributed by atoms with Gasteiger partial charge in [-0.05, 0) is 46.3 Å². The second-order valence-electron chi connectivity index (χ2n) is 6.47. The second kappa shape index (κ2) is 7.03. The van der Waals surface area contributed by atoms with Crippen molar-refractivity contribution in [1.82, 2.24) is 15.1 Å². The highest BCUT2D eigenvalue weighted by Gasteiger charge is 2.39. The fourth-order valence-electron chi connectivity index (χ4n) is 3.73. The number of likely N-dealkylation sites (tertiary alicyclic amines) is 1. The highest BCUT2D eigenvalue weighted by Crippen LogP contribution is 2.31. The van der Waals surface area contributed by atoms with Crippen LogP contribution in [0, 0.1) is 0 Å². The van der Waals surface area contributed by atoms with Crippen molar-refractivity contribution in [2.24, 2.45) is 0 Å². The van der Waals surface area contributed by atoms with Crippen molar-refractivity contribution < 1.29 is 4.79 Å². The summed E-state index contributed by atoms with van der Waals surface area (Å²) in [6, 6.07) is 2.21. The first-order valence-electron chi connectivity index (χ1n) is 7.84. The number of thioether (sulfide) groups is 1. The molecule has 116 valence electrons. The van der Waals surface area contributed by atoms with Gasteiger partial charge in [0.25, 0.3) is 0 Å². The number of amides is 2. The maximum absolute atomic E-state index is 12.4. The lowest BCUT2D eigenvalue weighted by Crippen LogP contribution is -2.48. The molecule has 2 fully saturated rings. The molecule has 2 aliphatic rings. The molecule has 2 amide bonds. The first kappa shape index (κ1) is 16.0. The molecule has 5 heteroatoms. The van der Waals surface area contributed by atoms with E-state index in [0.29, 0.717) is 18.1 Å². The Morgan fingerprint density at radius 2 is 1.95 bits per heavy atom. The Morgan fingerprint density at radius 1 is 1.25 bits per heavy atom. The summed E-state index contributed by atoms with van der Waals surface area (Å²) in [5.41, 5.74) is 0. The van der Waals surface area contributed by atoms with E-state index in [9.17, 15) is 4.79 Å². The molecule has 0 aliphatic carbocycles. The number of hydrogen-bond acceptors (Lipinski definition) is 3. The van der Waals surface area contributed by atoms with Crippen LogP contribution in [0.15, 0.2) is 0 Å². The Hall–Kier alpha value is -0.420. The highest BCUT2D eigenvalue weighted by atomic mass is 32.2. The quantitative estimate of drug-likeness (QED) is 0.866. The molecule has 2 bridgehead atoms. The summed E-state index contributed by atoms with van der Waals surface area (Å²) in [7, 11) is 0. The van der Waals surface area contributed by atoms with E-state index in [1.807, 2.05) is 4.90 Å². The lowest BCUT2D eigenvalue weighted by atomic mass is 10.1. The minimum absolute atomic E-state index is 0.128. The molecule has 2 saturated heterocycles. The van der Waals surface area contributed by atoms with Gasteiger partial charge in [0.2, 0.25) is 0 Å². The van der Waals surface area contributed by atoms with E-state index < -0.39 is 0 Å². The van der Waals surface area contributed by atoms with Crippen molar-refractivity contribution in [3.8, 4) is 0 Å². The van der Waals surface area contributed by atoms with E-state index in [1.54, 1.807) is 11.8 Å². The molecule has 0 saturated carbocycles. The van der Waals surface area contributed by atoms with E-state index in [4.69, 9.17) is 0 Å². The molecule has 3 atom stereocenters. The summed E-state index contributed by atoms with van der Waals surface area (Å²) in [6.45, 7) is 8.44. The smallest absolute Gasteiger partial charge is 0.317 e. The Labute approximate surface area is 127 Å². The van der Waals surface area contributed by atoms with Crippen molar-refractivity contribution in [3.63, 3.8) is 0 Å². The molecule has 4 nitrogen and oxygen atoms in total. The first-order chi connectivity index (χ1) is 9.52. The molecule has 0 aromatic heterocycles. The molecule has 0 radical (unpaired) electrons. The van der Waals surface area contributed by atoms with E-state index in [-0.39, 0.29) is 12.1 Å². The van der Waals surface area contributed by atoms with Crippen molar-refractivity contribution in [2.75, 3.05) is 25.1 Å². The monoisotopic (exact) mass is 299 g/mol. The Bertz CT molecular complexity index is 337. The van der Waals surface area contributed by atoms with Crippen LogP contribution >= 0.6 is 11.8 Å². The molecule has 1 N–H and O–H groups in total. The zero-order valence-corrected chi connectivity index (χ0v) is 14.1. The van der Waals surface area contributed by atoms with Crippen LogP contribution in [0.1, 0.15) is 40.0 Å². The minimum Gasteiger partial charge on any atom is -0.335 e. The summed E-state index contributed by atoms with van der Waals surface area (Å²) in [6.07, 6.45) is 5.75. The van der Waals surface area contributed by atoms with Gasteiger partial charge in [-0.15, -0.1) is 0 Å². The number of urea groups is 1. The SMILES string of the molecule is CSCC(C)NC(=O)N1CCC2CCC(C1)N2C(C)C. The molecule has 0 aromatic rings. The van der Waals surface area contributed by atoms with Gasteiger partial charge in [0.1, 0.15) is 0 Å². The third-order valence-corrected chi connectivity index (χ3v) is 5.34. The molecule has 2 aliphatic heterocycles. The molecule has 2 heterocycles. The fourth-order valence-corrected chi connectivity index (χ4v) is 4.32. The fraction of sp³-hybridized carbons (Fsp3) is 0.933. The average molecular weight is 299 g/mol.